The number of rotatable bonds is 2. The summed E-state index contributed by atoms with van der Waals surface area (Å²) in [7, 11) is 0. The Balaban J connectivity index is 0.000000324. The zero-order chi connectivity index (χ0) is 14.7. The Kier molecular flexibility index (Phi) is 5.29. The van der Waals surface area contributed by atoms with Gasteiger partial charge < -0.3 is 17.7 Å². The molecule has 21 heavy (non-hydrogen) atoms. The summed E-state index contributed by atoms with van der Waals surface area (Å²) in [6, 6.07) is 0. The summed E-state index contributed by atoms with van der Waals surface area (Å²) in [5.74, 6) is 12.9. The number of fused-ring (bicyclic) bond motifs is 5. The molecule has 2 bridgehead atoms. The molecule has 0 heterocycles. The fourth-order valence-electron chi connectivity index (χ4n) is 3.35. The standard InChI is InChI=1S/C12H15N2O.C4H7N.Rf/c1-2-14(13)10-6-9-7-3-4-8(5-7)11(9)12(10)15;1-2-3-4-5;/h3-4,6-9,11H,1-2,5,13H2;4-5H2,1H3;/q-1;;. The van der Waals surface area contributed by atoms with Crippen molar-refractivity contribution in [2.24, 2.45) is 35.2 Å². The number of allylic oxidation sites excluding steroid dienone is 4. The Morgan fingerprint density at radius 2 is 2.10 bits per heavy atom. The van der Waals surface area contributed by atoms with E-state index in [0.29, 0.717) is 36.5 Å². The SMILES string of the molecule is CC#CCN.[CH2-]CN(N)C1=CC2C3C=CC(C3)C2C1=O.[Rf]. The molecule has 0 aromatic carbocycles. The van der Waals surface area contributed by atoms with Crippen LogP contribution in [0.25, 0.3) is 0 Å². The predicted octanol–water partition coefficient (Wildman–Crippen LogP) is 0.869. The maximum absolute atomic E-state index is 12.1. The molecule has 4 nitrogen and oxygen atoms in total. The Morgan fingerprint density at radius 3 is 2.57 bits per heavy atom. The molecule has 1 fully saturated rings. The molecule has 5 heteroatoms. The summed E-state index contributed by atoms with van der Waals surface area (Å²) < 4.78 is 0. The number of carbonyl (C=O) groups excluding carboxylic acids is 1. The van der Waals surface area contributed by atoms with Crippen LogP contribution in [0.4, 0.5) is 0 Å². The molecule has 0 spiro atoms. The maximum Gasteiger partial charge on any atom is 0.184 e. The summed E-state index contributed by atoms with van der Waals surface area (Å²) in [5, 5.41) is 1.47. The van der Waals surface area contributed by atoms with Crippen LogP contribution in [0.5, 0.6) is 0 Å². The van der Waals surface area contributed by atoms with Crippen LogP contribution in [-0.4, -0.2) is 23.9 Å². The van der Waals surface area contributed by atoms with Crippen LogP contribution >= 0.6 is 0 Å². The smallest absolute Gasteiger partial charge is 0.184 e. The van der Waals surface area contributed by atoms with Crippen LogP contribution in [0.3, 0.4) is 0 Å². The molecular weight excluding hydrogens is 517 g/mol. The van der Waals surface area contributed by atoms with Gasteiger partial charge in [0.05, 0.1) is 12.2 Å². The molecule has 3 aliphatic rings. The van der Waals surface area contributed by atoms with Gasteiger partial charge in [-0.3, -0.25) is 10.6 Å². The van der Waals surface area contributed by atoms with Crippen molar-refractivity contribution >= 4 is 5.78 Å². The molecule has 0 aromatic heterocycles. The van der Waals surface area contributed by atoms with Gasteiger partial charge in [0, 0.05) is 5.92 Å². The average Bonchev–Trinajstić information content (AvgIpc) is 3.12. The van der Waals surface area contributed by atoms with Gasteiger partial charge in [0.2, 0.25) is 0 Å². The Labute approximate surface area is 120 Å². The van der Waals surface area contributed by atoms with Crippen LogP contribution < -0.4 is 11.6 Å². The minimum absolute atomic E-state index is 0. The second-order valence-corrected chi connectivity index (χ2v) is 5.29. The maximum atomic E-state index is 12.1. The van der Waals surface area contributed by atoms with Crippen molar-refractivity contribution in [1.82, 2.24) is 5.01 Å². The van der Waals surface area contributed by atoms with E-state index < -0.39 is 0 Å². The number of hydrogen-bond acceptors (Lipinski definition) is 4. The third-order valence-electron chi connectivity index (χ3n) is 4.25. The van der Waals surface area contributed by atoms with Crippen molar-refractivity contribution < 1.29 is 4.79 Å². The monoisotopic (exact) mass is 539 g/mol. The van der Waals surface area contributed by atoms with E-state index in [1.54, 1.807) is 6.92 Å². The van der Waals surface area contributed by atoms with Gasteiger partial charge in [-0.1, -0.05) is 30.7 Å². The Hall–Kier alpha value is -2.57. The summed E-state index contributed by atoms with van der Waals surface area (Å²) in [6.45, 7) is 6.40. The fraction of sp³-hybridized carbons (Fsp3) is 0.500. The van der Waals surface area contributed by atoms with Crippen molar-refractivity contribution in [2.45, 2.75) is 13.3 Å². The molecule has 0 amide bonds. The van der Waals surface area contributed by atoms with E-state index in [9.17, 15) is 4.79 Å². The van der Waals surface area contributed by atoms with E-state index in [1.165, 1.54) is 5.01 Å². The van der Waals surface area contributed by atoms with Gasteiger partial charge >= 0.3 is 0 Å². The van der Waals surface area contributed by atoms with Crippen molar-refractivity contribution in [3.05, 3.63) is 30.8 Å². The van der Waals surface area contributed by atoms with Crippen LogP contribution in [0.1, 0.15) is 13.3 Å². The van der Waals surface area contributed by atoms with Gasteiger partial charge in [-0.25, -0.2) is 0 Å². The quantitative estimate of drug-likeness (QED) is 0.180. The fourth-order valence-corrected chi connectivity index (χ4v) is 3.35. The first-order valence-corrected chi connectivity index (χ1v) is 6.99. The molecule has 4 atom stereocenters. The first-order chi connectivity index (χ1) is 9.63. The zero-order valence-electron chi connectivity index (χ0n) is 12.6. The zero-order valence-corrected chi connectivity index (χ0v) is 19.0. The largest absolute Gasteiger partial charge is 0.338 e. The van der Waals surface area contributed by atoms with Gasteiger partial charge in [-0.05, 0) is 31.1 Å². The Bertz CT molecular complexity index is 503. The van der Waals surface area contributed by atoms with Crippen molar-refractivity contribution in [2.75, 3.05) is 13.1 Å². The van der Waals surface area contributed by atoms with E-state index in [4.69, 9.17) is 11.6 Å². The second-order valence-electron chi connectivity index (χ2n) is 5.29. The molecule has 110 valence electrons. The molecule has 3 rings (SSSR count). The van der Waals surface area contributed by atoms with Crippen molar-refractivity contribution in [3.63, 3.8) is 0 Å². The van der Waals surface area contributed by atoms with Gasteiger partial charge in [0.1, 0.15) is 0 Å². The number of Topliss-reactive ketones (excluding diaryl/α,β-unsaturated/α-hetero) is 1. The second kappa shape index (κ2) is 6.74. The number of nitrogens with zero attached hydrogens (tertiary/aromatic N) is 1. The van der Waals surface area contributed by atoms with Crippen LogP contribution in [0.2, 0.25) is 0 Å². The molecule has 1 saturated carbocycles. The number of nitrogens with two attached hydrogens (primary N) is 2. The third kappa shape index (κ3) is 2.81. The third-order valence-corrected chi connectivity index (χ3v) is 4.25. The summed E-state index contributed by atoms with van der Waals surface area (Å²) in [5.41, 5.74) is 5.64. The van der Waals surface area contributed by atoms with Gasteiger partial charge in [0.15, 0.2) is 5.78 Å². The van der Waals surface area contributed by atoms with E-state index >= 15 is 0 Å². The van der Waals surface area contributed by atoms with Gasteiger partial charge in [-0.2, -0.15) is 0 Å². The van der Waals surface area contributed by atoms with Crippen molar-refractivity contribution in [1.29, 1.82) is 0 Å². The minimum atomic E-state index is 0. The summed E-state index contributed by atoms with van der Waals surface area (Å²) >= 11 is 0. The number of ketones is 1. The van der Waals surface area contributed by atoms with E-state index in [0.717, 1.165) is 6.42 Å². The number of hydrogen-bond donors (Lipinski definition) is 2. The minimum Gasteiger partial charge on any atom is -0.338 e. The van der Waals surface area contributed by atoms with Crippen molar-refractivity contribution in [3.8, 4) is 11.8 Å². The molecule has 0 aliphatic heterocycles. The molecule has 0 radical (unpaired) electrons. The molecule has 0 aromatic rings. The molecular formula is C16H22N3ORf-. The normalized spacial score (nSPS) is 30.5. The topological polar surface area (TPSA) is 72.3 Å². The predicted molar refractivity (Wildman–Crippen MR) is 79.6 cm³/mol. The summed E-state index contributed by atoms with van der Waals surface area (Å²) in [6.07, 6.45) is 7.67. The molecule has 4 unspecified atom stereocenters. The molecule has 0 saturated heterocycles. The van der Waals surface area contributed by atoms with E-state index in [-0.39, 0.29) is 11.7 Å². The van der Waals surface area contributed by atoms with E-state index in [1.807, 2.05) is 0 Å². The molecule has 4 N–H and O–H groups in total. The van der Waals surface area contributed by atoms with Crippen LogP contribution in [-0.2, 0) is 4.79 Å². The number of carbonyl (C=O) groups is 1. The van der Waals surface area contributed by atoms with Crippen LogP contribution in [0, 0.1) is 42.4 Å². The number of hydrazine groups is 1. The van der Waals surface area contributed by atoms with Gasteiger partial charge in [0.25, 0.3) is 0 Å². The first kappa shape index (κ1) is 16.5. The van der Waals surface area contributed by atoms with Crippen LogP contribution in [0.15, 0.2) is 23.9 Å². The first-order valence-electron chi connectivity index (χ1n) is 6.99. The average molecular weight is 539 g/mol. The molecule has 3 aliphatic carbocycles. The Morgan fingerprint density at radius 1 is 1.43 bits per heavy atom. The van der Waals surface area contributed by atoms with E-state index in [2.05, 4.69) is 37.0 Å². The summed E-state index contributed by atoms with van der Waals surface area (Å²) in [4.78, 5) is 12.1. The van der Waals surface area contributed by atoms with Gasteiger partial charge in [-0.15, -0.1) is 5.92 Å².